The van der Waals surface area contributed by atoms with Gasteiger partial charge in [0.25, 0.3) is 5.91 Å². The zero-order valence-corrected chi connectivity index (χ0v) is 14.3. The van der Waals surface area contributed by atoms with Crippen molar-refractivity contribution in [1.82, 2.24) is 9.71 Å². The maximum Gasteiger partial charge on any atom is 0.264 e. The van der Waals surface area contributed by atoms with Crippen molar-refractivity contribution in [1.29, 1.82) is 0 Å². The fourth-order valence-corrected chi connectivity index (χ4v) is 2.75. The summed E-state index contributed by atoms with van der Waals surface area (Å²) in [5, 5.41) is 2.08. The monoisotopic (exact) mass is 356 g/mol. The Balaban J connectivity index is 1.65. The van der Waals surface area contributed by atoms with Crippen LogP contribution in [0.25, 0.3) is 10.8 Å². The van der Waals surface area contributed by atoms with Gasteiger partial charge in [0.05, 0.1) is 6.26 Å². The van der Waals surface area contributed by atoms with Crippen LogP contribution in [0.5, 0.6) is 5.75 Å². The molecule has 6 nitrogen and oxygen atoms in total. The van der Waals surface area contributed by atoms with Crippen LogP contribution in [0.4, 0.5) is 0 Å². The molecule has 0 atom stereocenters. The lowest BCUT2D eigenvalue weighted by molar-refractivity contribution is 0.0981. The van der Waals surface area contributed by atoms with Crippen LogP contribution in [0.15, 0.2) is 60.9 Å². The highest BCUT2D eigenvalue weighted by atomic mass is 32.2. The van der Waals surface area contributed by atoms with Crippen LogP contribution in [0.2, 0.25) is 0 Å². The average molecular weight is 356 g/mol. The van der Waals surface area contributed by atoms with Gasteiger partial charge in [-0.15, -0.1) is 0 Å². The van der Waals surface area contributed by atoms with Crippen LogP contribution in [0, 0.1) is 0 Å². The van der Waals surface area contributed by atoms with Crippen molar-refractivity contribution >= 4 is 26.7 Å². The first-order chi connectivity index (χ1) is 11.9. The topological polar surface area (TPSA) is 85.4 Å². The molecular weight excluding hydrogens is 340 g/mol. The van der Waals surface area contributed by atoms with E-state index in [1.54, 1.807) is 36.7 Å². The van der Waals surface area contributed by atoms with E-state index >= 15 is 0 Å². The Labute approximate surface area is 145 Å². The standard InChI is InChI=1S/C18H16N2O4S/c1-25(22,23)20-18(21)15-4-2-13(3-5-15)12-24-17-7-6-14-8-9-19-11-16(14)10-17/h2-11H,12H2,1H3,(H,20,21). The normalized spacial score (nSPS) is 11.2. The Morgan fingerprint density at radius 2 is 1.84 bits per heavy atom. The van der Waals surface area contributed by atoms with Crippen molar-refractivity contribution in [3.05, 3.63) is 72.1 Å². The molecule has 0 aliphatic carbocycles. The second kappa shape index (κ2) is 6.90. The number of nitrogens with one attached hydrogen (secondary N) is 1. The number of nitrogens with zero attached hydrogens (tertiary/aromatic N) is 1. The number of carbonyl (C=O) groups is 1. The molecule has 0 bridgehead atoms. The fourth-order valence-electron chi connectivity index (χ4n) is 2.30. The van der Waals surface area contributed by atoms with Gasteiger partial charge in [-0.05, 0) is 41.3 Å². The van der Waals surface area contributed by atoms with Gasteiger partial charge >= 0.3 is 0 Å². The zero-order chi connectivity index (χ0) is 17.9. The number of rotatable bonds is 5. The van der Waals surface area contributed by atoms with E-state index in [2.05, 4.69) is 4.98 Å². The first-order valence-corrected chi connectivity index (χ1v) is 9.37. The van der Waals surface area contributed by atoms with E-state index < -0.39 is 15.9 Å². The summed E-state index contributed by atoms with van der Waals surface area (Å²) in [5.41, 5.74) is 1.13. The van der Waals surface area contributed by atoms with E-state index in [1.165, 1.54) is 0 Å². The number of carbonyl (C=O) groups excluding carboxylic acids is 1. The van der Waals surface area contributed by atoms with Gasteiger partial charge in [-0.3, -0.25) is 9.78 Å². The molecule has 0 saturated heterocycles. The molecule has 0 aliphatic heterocycles. The summed E-state index contributed by atoms with van der Waals surface area (Å²) in [5.74, 6) is 0.0661. The third kappa shape index (κ3) is 4.54. The summed E-state index contributed by atoms with van der Waals surface area (Å²) in [6.07, 6.45) is 4.45. The molecule has 0 aliphatic rings. The molecule has 0 unspecified atom stereocenters. The maximum absolute atomic E-state index is 11.7. The lowest BCUT2D eigenvalue weighted by atomic mass is 10.1. The first kappa shape index (κ1) is 16.9. The number of sulfonamides is 1. The Bertz CT molecular complexity index is 1010. The van der Waals surface area contributed by atoms with Crippen LogP contribution < -0.4 is 9.46 Å². The van der Waals surface area contributed by atoms with Gasteiger partial charge in [0.2, 0.25) is 10.0 Å². The zero-order valence-electron chi connectivity index (χ0n) is 13.5. The van der Waals surface area contributed by atoms with E-state index in [0.29, 0.717) is 6.61 Å². The second-order valence-corrected chi connectivity index (χ2v) is 7.32. The van der Waals surface area contributed by atoms with Gasteiger partial charge in [0.1, 0.15) is 12.4 Å². The number of hydrogen-bond donors (Lipinski definition) is 1. The Hall–Kier alpha value is -2.93. The fraction of sp³-hybridized carbons (Fsp3) is 0.111. The molecule has 1 heterocycles. The average Bonchev–Trinajstić information content (AvgIpc) is 2.59. The molecule has 1 amide bonds. The maximum atomic E-state index is 11.7. The summed E-state index contributed by atoms with van der Waals surface area (Å²) in [4.78, 5) is 15.8. The molecule has 1 aromatic heterocycles. The number of ether oxygens (including phenoxy) is 1. The van der Waals surface area contributed by atoms with Crippen LogP contribution >= 0.6 is 0 Å². The molecule has 1 N–H and O–H groups in total. The van der Waals surface area contributed by atoms with Crippen LogP contribution in [-0.4, -0.2) is 25.6 Å². The third-order valence-corrected chi connectivity index (χ3v) is 4.07. The van der Waals surface area contributed by atoms with E-state index in [-0.39, 0.29) is 5.56 Å². The molecule has 7 heteroatoms. The number of pyridine rings is 1. The molecule has 0 radical (unpaired) electrons. The molecule has 25 heavy (non-hydrogen) atoms. The molecular formula is C18H16N2O4S. The van der Waals surface area contributed by atoms with Gasteiger partial charge < -0.3 is 4.74 Å². The van der Waals surface area contributed by atoms with E-state index in [1.807, 2.05) is 29.0 Å². The summed E-state index contributed by atoms with van der Waals surface area (Å²) < 4.78 is 29.8. The number of fused-ring (bicyclic) bond motifs is 1. The number of amides is 1. The van der Waals surface area contributed by atoms with E-state index in [9.17, 15) is 13.2 Å². The largest absolute Gasteiger partial charge is 0.489 e. The lowest BCUT2D eigenvalue weighted by Crippen LogP contribution is -2.29. The summed E-state index contributed by atoms with van der Waals surface area (Å²) >= 11 is 0. The smallest absolute Gasteiger partial charge is 0.264 e. The van der Waals surface area contributed by atoms with Gasteiger partial charge in [0.15, 0.2) is 0 Å². The van der Waals surface area contributed by atoms with Crippen LogP contribution in [0.3, 0.4) is 0 Å². The van der Waals surface area contributed by atoms with Crippen molar-refractivity contribution in [3.8, 4) is 5.75 Å². The number of hydrogen-bond acceptors (Lipinski definition) is 5. The minimum absolute atomic E-state index is 0.269. The number of aromatic nitrogens is 1. The minimum Gasteiger partial charge on any atom is -0.489 e. The molecule has 3 aromatic rings. The van der Waals surface area contributed by atoms with E-state index in [4.69, 9.17) is 4.74 Å². The molecule has 0 spiro atoms. The Morgan fingerprint density at radius 1 is 1.08 bits per heavy atom. The highest BCUT2D eigenvalue weighted by Gasteiger charge is 2.10. The van der Waals surface area contributed by atoms with Crippen molar-refractivity contribution in [2.24, 2.45) is 0 Å². The second-order valence-electron chi connectivity index (χ2n) is 5.57. The van der Waals surface area contributed by atoms with Crippen molar-refractivity contribution < 1.29 is 17.9 Å². The van der Waals surface area contributed by atoms with Gasteiger partial charge in [-0.25, -0.2) is 13.1 Å². The van der Waals surface area contributed by atoms with E-state index in [0.717, 1.165) is 28.3 Å². The molecule has 128 valence electrons. The third-order valence-electron chi connectivity index (χ3n) is 3.51. The highest BCUT2D eigenvalue weighted by molar-refractivity contribution is 7.89. The predicted molar refractivity (Wildman–Crippen MR) is 94.8 cm³/mol. The Kier molecular flexibility index (Phi) is 4.67. The SMILES string of the molecule is CS(=O)(=O)NC(=O)c1ccc(COc2ccc3ccncc3c2)cc1. The predicted octanol–water partition coefficient (Wildman–Crippen LogP) is 2.50. The quantitative estimate of drug-likeness (QED) is 0.759. The minimum atomic E-state index is -3.58. The van der Waals surface area contributed by atoms with Crippen molar-refractivity contribution in [2.75, 3.05) is 6.26 Å². The molecule has 2 aromatic carbocycles. The molecule has 3 rings (SSSR count). The van der Waals surface area contributed by atoms with Gasteiger partial charge in [-0.2, -0.15) is 0 Å². The first-order valence-electron chi connectivity index (χ1n) is 7.48. The van der Waals surface area contributed by atoms with Crippen LogP contribution in [-0.2, 0) is 16.6 Å². The van der Waals surface area contributed by atoms with Gasteiger partial charge in [0, 0.05) is 23.3 Å². The number of benzene rings is 2. The molecule has 0 saturated carbocycles. The van der Waals surface area contributed by atoms with Crippen molar-refractivity contribution in [2.45, 2.75) is 6.61 Å². The lowest BCUT2D eigenvalue weighted by Gasteiger charge is -2.08. The van der Waals surface area contributed by atoms with Gasteiger partial charge in [-0.1, -0.05) is 18.2 Å². The molecule has 0 fully saturated rings. The highest BCUT2D eigenvalue weighted by Crippen LogP contribution is 2.20. The Morgan fingerprint density at radius 3 is 2.56 bits per heavy atom. The summed E-state index contributed by atoms with van der Waals surface area (Å²) in [6, 6.07) is 14.3. The summed E-state index contributed by atoms with van der Waals surface area (Å²) in [7, 11) is -3.58. The van der Waals surface area contributed by atoms with Crippen LogP contribution in [0.1, 0.15) is 15.9 Å². The summed E-state index contributed by atoms with van der Waals surface area (Å²) in [6.45, 7) is 0.333. The van der Waals surface area contributed by atoms with Crippen molar-refractivity contribution in [3.63, 3.8) is 0 Å².